The van der Waals surface area contributed by atoms with E-state index < -0.39 is 0 Å². The maximum atomic E-state index is 12.9. The van der Waals surface area contributed by atoms with Crippen molar-refractivity contribution in [3.05, 3.63) is 59.7 Å². The molecule has 1 aliphatic heterocycles. The monoisotopic (exact) mass is 404 g/mol. The van der Waals surface area contributed by atoms with E-state index in [1.54, 1.807) is 0 Å². The zero-order chi connectivity index (χ0) is 21.1. The Hall–Kier alpha value is -2.99. The van der Waals surface area contributed by atoms with E-state index in [4.69, 9.17) is 4.42 Å². The van der Waals surface area contributed by atoms with Gasteiger partial charge in [0.2, 0.25) is 11.8 Å². The second-order valence-corrected chi connectivity index (χ2v) is 8.35. The number of benzene rings is 2. The normalized spacial score (nSPS) is 15.0. The molecule has 0 unspecified atom stereocenters. The Morgan fingerprint density at radius 2 is 1.63 bits per heavy atom. The van der Waals surface area contributed by atoms with Crippen molar-refractivity contribution >= 4 is 5.91 Å². The molecule has 1 amide bonds. The Balaban J connectivity index is 1.42. The number of aryl methyl sites for hydroxylation is 1. The van der Waals surface area contributed by atoms with Gasteiger partial charge < -0.3 is 9.32 Å². The fraction of sp³-hybridized carbons (Fsp3) is 0.375. The summed E-state index contributed by atoms with van der Waals surface area (Å²) in [5.41, 5.74) is 3.53. The highest BCUT2D eigenvalue weighted by molar-refractivity contribution is 5.94. The van der Waals surface area contributed by atoms with Gasteiger partial charge >= 0.3 is 0 Å². The number of piperazine rings is 1. The maximum absolute atomic E-state index is 12.9. The quantitative estimate of drug-likeness (QED) is 0.640. The molecule has 3 aromatic rings. The van der Waals surface area contributed by atoms with E-state index in [2.05, 4.69) is 28.9 Å². The summed E-state index contributed by atoms with van der Waals surface area (Å²) in [5.74, 6) is 1.67. The molecule has 0 atom stereocenters. The highest BCUT2D eigenvalue weighted by Gasteiger charge is 2.22. The average molecular weight is 405 g/mol. The molecule has 0 N–H and O–H groups in total. The van der Waals surface area contributed by atoms with Crippen LogP contribution in [0.5, 0.6) is 0 Å². The van der Waals surface area contributed by atoms with Gasteiger partial charge in [0, 0.05) is 49.4 Å². The van der Waals surface area contributed by atoms with E-state index in [1.807, 2.05) is 60.4 Å². The topological polar surface area (TPSA) is 62.5 Å². The number of carbonyl (C=O) groups is 1. The summed E-state index contributed by atoms with van der Waals surface area (Å²) in [6.45, 7) is 11.0. The molecule has 4 rings (SSSR count). The molecule has 1 aromatic heterocycles. The third-order valence-corrected chi connectivity index (χ3v) is 5.35. The molecule has 2 aromatic carbocycles. The van der Waals surface area contributed by atoms with E-state index in [9.17, 15) is 4.79 Å². The van der Waals surface area contributed by atoms with Gasteiger partial charge in [0.1, 0.15) is 0 Å². The van der Waals surface area contributed by atoms with E-state index in [1.165, 1.54) is 0 Å². The van der Waals surface area contributed by atoms with Crippen LogP contribution < -0.4 is 0 Å². The van der Waals surface area contributed by atoms with Crippen LogP contribution in [0, 0.1) is 12.8 Å². The Labute approximate surface area is 177 Å². The van der Waals surface area contributed by atoms with E-state index >= 15 is 0 Å². The summed E-state index contributed by atoms with van der Waals surface area (Å²) in [6, 6.07) is 15.4. The van der Waals surface area contributed by atoms with Crippen molar-refractivity contribution in [2.75, 3.05) is 32.7 Å². The lowest BCUT2D eigenvalue weighted by Gasteiger charge is -2.35. The lowest BCUT2D eigenvalue weighted by atomic mass is 10.1. The number of nitrogens with zero attached hydrogens (tertiary/aromatic N) is 4. The van der Waals surface area contributed by atoms with Gasteiger partial charge in [-0.05, 0) is 49.2 Å². The second kappa shape index (κ2) is 8.79. The van der Waals surface area contributed by atoms with Gasteiger partial charge in [-0.15, -0.1) is 10.2 Å². The molecule has 156 valence electrons. The molecular formula is C24H28N4O2. The van der Waals surface area contributed by atoms with Crippen molar-refractivity contribution in [2.45, 2.75) is 20.8 Å². The highest BCUT2D eigenvalue weighted by atomic mass is 16.4. The van der Waals surface area contributed by atoms with Crippen molar-refractivity contribution in [1.82, 2.24) is 20.0 Å². The first-order valence-corrected chi connectivity index (χ1v) is 10.5. The number of hydrogen-bond donors (Lipinski definition) is 0. The summed E-state index contributed by atoms with van der Waals surface area (Å²) in [5, 5.41) is 8.34. The Kier molecular flexibility index (Phi) is 5.95. The molecule has 1 saturated heterocycles. The fourth-order valence-corrected chi connectivity index (χ4v) is 3.82. The number of aromatic nitrogens is 2. The Morgan fingerprint density at radius 1 is 0.967 bits per heavy atom. The SMILES string of the molecule is Cc1cccc(-c2nnc(-c3ccc(C(=O)N4CCN(CC(C)C)CC4)cc3)o2)c1. The standard InChI is InChI=1S/C24H28N4O2/c1-17(2)16-27-11-13-28(14-12-27)24(29)20-9-7-19(8-10-20)22-25-26-23(30-22)21-6-4-5-18(3)15-21/h4-10,15,17H,11-14,16H2,1-3H3. The van der Waals surface area contributed by atoms with Crippen LogP contribution >= 0.6 is 0 Å². The van der Waals surface area contributed by atoms with Crippen molar-refractivity contribution < 1.29 is 9.21 Å². The maximum Gasteiger partial charge on any atom is 0.253 e. The Morgan fingerprint density at radius 3 is 2.27 bits per heavy atom. The molecule has 1 aliphatic rings. The lowest BCUT2D eigenvalue weighted by Crippen LogP contribution is -2.49. The van der Waals surface area contributed by atoms with Crippen LogP contribution in [0.3, 0.4) is 0 Å². The van der Waals surface area contributed by atoms with Crippen molar-refractivity contribution in [1.29, 1.82) is 0 Å². The summed E-state index contributed by atoms with van der Waals surface area (Å²) >= 11 is 0. The first kappa shape index (κ1) is 20.3. The van der Waals surface area contributed by atoms with Crippen LogP contribution in [-0.2, 0) is 0 Å². The molecule has 0 bridgehead atoms. The van der Waals surface area contributed by atoms with Gasteiger partial charge in [-0.1, -0.05) is 31.5 Å². The van der Waals surface area contributed by atoms with Gasteiger partial charge in [0.25, 0.3) is 5.91 Å². The molecule has 0 radical (unpaired) electrons. The first-order chi connectivity index (χ1) is 14.5. The molecule has 0 saturated carbocycles. The molecule has 0 aliphatic carbocycles. The van der Waals surface area contributed by atoms with E-state index in [0.717, 1.165) is 49.4 Å². The summed E-state index contributed by atoms with van der Waals surface area (Å²) in [4.78, 5) is 17.2. The van der Waals surface area contributed by atoms with Crippen LogP contribution in [0.15, 0.2) is 52.9 Å². The average Bonchev–Trinajstić information content (AvgIpc) is 3.24. The predicted molar refractivity (Wildman–Crippen MR) is 117 cm³/mol. The molecule has 6 nitrogen and oxygen atoms in total. The highest BCUT2D eigenvalue weighted by Crippen LogP contribution is 2.25. The Bertz CT molecular complexity index is 1000. The number of amides is 1. The smallest absolute Gasteiger partial charge is 0.253 e. The van der Waals surface area contributed by atoms with Gasteiger partial charge in [-0.3, -0.25) is 9.69 Å². The largest absolute Gasteiger partial charge is 0.416 e. The van der Waals surface area contributed by atoms with Crippen LogP contribution in [0.1, 0.15) is 29.8 Å². The van der Waals surface area contributed by atoms with Crippen molar-refractivity contribution in [3.8, 4) is 22.9 Å². The molecule has 2 heterocycles. The van der Waals surface area contributed by atoms with Gasteiger partial charge in [-0.2, -0.15) is 0 Å². The van der Waals surface area contributed by atoms with E-state index in [-0.39, 0.29) is 5.91 Å². The van der Waals surface area contributed by atoms with Gasteiger partial charge in [0.05, 0.1) is 0 Å². The van der Waals surface area contributed by atoms with Crippen molar-refractivity contribution in [3.63, 3.8) is 0 Å². The molecule has 0 spiro atoms. The molecular weight excluding hydrogens is 376 g/mol. The number of carbonyl (C=O) groups excluding carboxylic acids is 1. The van der Waals surface area contributed by atoms with Crippen molar-refractivity contribution in [2.24, 2.45) is 5.92 Å². The predicted octanol–water partition coefficient (Wildman–Crippen LogP) is 4.13. The number of rotatable bonds is 5. The van der Waals surface area contributed by atoms with Crippen LogP contribution in [0.2, 0.25) is 0 Å². The zero-order valence-corrected chi connectivity index (χ0v) is 17.8. The fourth-order valence-electron chi connectivity index (χ4n) is 3.82. The second-order valence-electron chi connectivity index (χ2n) is 8.35. The minimum absolute atomic E-state index is 0.0803. The molecule has 30 heavy (non-hydrogen) atoms. The van der Waals surface area contributed by atoms with Gasteiger partial charge in [-0.25, -0.2) is 0 Å². The number of hydrogen-bond acceptors (Lipinski definition) is 5. The van der Waals surface area contributed by atoms with Gasteiger partial charge in [0.15, 0.2) is 0 Å². The van der Waals surface area contributed by atoms with Crippen LogP contribution in [0.25, 0.3) is 22.9 Å². The van der Waals surface area contributed by atoms with Crippen LogP contribution in [-0.4, -0.2) is 58.6 Å². The minimum Gasteiger partial charge on any atom is -0.416 e. The zero-order valence-electron chi connectivity index (χ0n) is 17.8. The lowest BCUT2D eigenvalue weighted by molar-refractivity contribution is 0.0624. The summed E-state index contributed by atoms with van der Waals surface area (Å²) in [6.07, 6.45) is 0. The van der Waals surface area contributed by atoms with E-state index in [0.29, 0.717) is 23.3 Å². The minimum atomic E-state index is 0.0803. The summed E-state index contributed by atoms with van der Waals surface area (Å²) in [7, 11) is 0. The third-order valence-electron chi connectivity index (χ3n) is 5.35. The molecule has 1 fully saturated rings. The third kappa shape index (κ3) is 4.60. The first-order valence-electron chi connectivity index (χ1n) is 10.5. The van der Waals surface area contributed by atoms with Crippen LogP contribution in [0.4, 0.5) is 0 Å². The molecule has 6 heteroatoms. The summed E-state index contributed by atoms with van der Waals surface area (Å²) < 4.78 is 5.85.